The molecule has 11 heteroatoms. The van der Waals surface area contributed by atoms with Gasteiger partial charge in [-0.15, -0.1) is 0 Å². The van der Waals surface area contributed by atoms with Crippen molar-refractivity contribution in [2.75, 3.05) is 36.1 Å². The van der Waals surface area contributed by atoms with Gasteiger partial charge in [0.25, 0.3) is 0 Å². The molecular weight excluding hydrogens is 744 g/mol. The third-order valence-corrected chi connectivity index (χ3v) is 18.8. The van der Waals surface area contributed by atoms with E-state index in [0.29, 0.717) is 33.8 Å². The SMILES string of the molecule is O=C(c1ccccc1)N(CC1CCO1)c1ccc(F)[c]([Ti]([C]2=CC=CC2)([C]2=CC=CC2)[c]2c(F)ccc(N(CC3CCO3)C(=O)c3ccccc3)c2F)c1F. The number of halogens is 4. The second kappa shape index (κ2) is 15.7. The Morgan fingerprint density at radius 1 is 0.600 bits per heavy atom. The summed E-state index contributed by atoms with van der Waals surface area (Å²) in [6.07, 6.45) is 11.4. The topological polar surface area (TPSA) is 59.1 Å². The molecule has 4 aliphatic rings. The molecule has 0 bridgehead atoms. The molecule has 0 N–H and O–H groups in total. The first kappa shape index (κ1) is 37.1. The van der Waals surface area contributed by atoms with Crippen LogP contribution < -0.4 is 17.5 Å². The molecule has 2 unspecified atom stereocenters. The van der Waals surface area contributed by atoms with Gasteiger partial charge in [-0.1, -0.05) is 0 Å². The van der Waals surface area contributed by atoms with E-state index in [9.17, 15) is 9.59 Å². The van der Waals surface area contributed by atoms with Crippen LogP contribution in [0.25, 0.3) is 0 Å². The van der Waals surface area contributed by atoms with Gasteiger partial charge in [0.1, 0.15) is 0 Å². The molecule has 2 amide bonds. The molecule has 6 nitrogen and oxygen atoms in total. The molecule has 0 aromatic heterocycles. The van der Waals surface area contributed by atoms with Crippen LogP contribution in [-0.2, 0) is 26.1 Å². The van der Waals surface area contributed by atoms with Gasteiger partial charge < -0.3 is 0 Å². The summed E-state index contributed by atoms with van der Waals surface area (Å²) in [5.74, 6) is -5.12. The van der Waals surface area contributed by atoms with Gasteiger partial charge in [0.2, 0.25) is 0 Å². The van der Waals surface area contributed by atoms with E-state index in [1.165, 1.54) is 21.9 Å². The van der Waals surface area contributed by atoms with E-state index in [4.69, 9.17) is 9.47 Å². The van der Waals surface area contributed by atoms with Gasteiger partial charge in [-0.3, -0.25) is 0 Å². The van der Waals surface area contributed by atoms with Crippen molar-refractivity contribution >= 4 is 30.9 Å². The van der Waals surface area contributed by atoms with Crippen molar-refractivity contribution < 1.29 is 53.2 Å². The monoisotopic (exact) mass is 782 g/mol. The molecule has 55 heavy (non-hydrogen) atoms. The molecule has 2 heterocycles. The first-order chi connectivity index (χ1) is 26.8. The fourth-order valence-electron chi connectivity index (χ4n) is 7.93. The standard InChI is InChI=1S/2C17H14F2NO2.2C5H5.Ti/c2*18-13-6-7-16(15(19)10-13)20(11-14-8-9-22-14)17(21)12-4-2-1-3-5-12;2*1-2-4-5-3-1;/h2*1-7,14H,8-9,11H2;2*1-3H,4H2;. The van der Waals surface area contributed by atoms with Crippen molar-refractivity contribution in [3.05, 3.63) is 164 Å². The van der Waals surface area contributed by atoms with Gasteiger partial charge in [0.05, 0.1) is 0 Å². The van der Waals surface area contributed by atoms with Crippen LogP contribution in [0, 0.1) is 23.3 Å². The number of ether oxygens (including phenoxy) is 2. The number of allylic oxidation sites excluding steroid dienone is 8. The molecule has 4 aromatic rings. The molecule has 2 atom stereocenters. The van der Waals surface area contributed by atoms with Crippen molar-refractivity contribution in [1.29, 1.82) is 0 Å². The number of benzene rings is 4. The van der Waals surface area contributed by atoms with Crippen LogP contribution in [-0.4, -0.2) is 50.3 Å². The predicted octanol–water partition coefficient (Wildman–Crippen LogP) is 7.91. The van der Waals surface area contributed by atoms with Crippen LogP contribution >= 0.6 is 0 Å². The van der Waals surface area contributed by atoms with Crippen LogP contribution in [0.4, 0.5) is 28.9 Å². The number of amides is 2. The van der Waals surface area contributed by atoms with Crippen molar-refractivity contribution in [2.45, 2.75) is 37.9 Å². The molecule has 2 aliphatic carbocycles. The van der Waals surface area contributed by atoms with Gasteiger partial charge in [-0.05, 0) is 0 Å². The van der Waals surface area contributed by atoms with Crippen molar-refractivity contribution in [3.8, 4) is 0 Å². The zero-order valence-corrected chi connectivity index (χ0v) is 31.5. The summed E-state index contributed by atoms with van der Waals surface area (Å²) in [5, 5.41) is 0. The van der Waals surface area contributed by atoms with Gasteiger partial charge in [0.15, 0.2) is 0 Å². The third kappa shape index (κ3) is 6.75. The van der Waals surface area contributed by atoms with Crippen LogP contribution in [0.2, 0.25) is 0 Å². The van der Waals surface area contributed by atoms with Crippen LogP contribution in [0.15, 0.2) is 129 Å². The van der Waals surface area contributed by atoms with Crippen molar-refractivity contribution in [2.24, 2.45) is 0 Å². The molecule has 0 saturated carbocycles. The van der Waals surface area contributed by atoms with E-state index in [-0.39, 0.29) is 60.6 Å². The number of anilines is 2. The number of carbonyl (C=O) groups excluding carboxylic acids is 2. The van der Waals surface area contributed by atoms with Crippen LogP contribution in [0.5, 0.6) is 0 Å². The Hall–Kier alpha value is -4.87. The van der Waals surface area contributed by atoms with Gasteiger partial charge in [0, 0.05) is 0 Å². The number of hydrogen-bond donors (Lipinski definition) is 0. The second-order valence-electron chi connectivity index (χ2n) is 14.0. The van der Waals surface area contributed by atoms with Crippen LogP contribution in [0.3, 0.4) is 0 Å². The Kier molecular flexibility index (Phi) is 10.6. The molecule has 4 aromatic carbocycles. The van der Waals surface area contributed by atoms with Crippen molar-refractivity contribution in [1.82, 2.24) is 0 Å². The third-order valence-electron chi connectivity index (χ3n) is 10.9. The predicted molar refractivity (Wildman–Crippen MR) is 201 cm³/mol. The Labute approximate surface area is 320 Å². The van der Waals surface area contributed by atoms with E-state index in [1.54, 1.807) is 97.1 Å². The molecular formula is C44H38F4N2O4Ti. The van der Waals surface area contributed by atoms with Gasteiger partial charge >= 0.3 is 322 Å². The number of carbonyl (C=O) groups is 2. The summed E-state index contributed by atoms with van der Waals surface area (Å²) in [6.45, 7) is 0.952. The molecule has 0 radical (unpaired) electrons. The molecule has 8 rings (SSSR count). The first-order valence-electron chi connectivity index (χ1n) is 18.4. The zero-order chi connectivity index (χ0) is 38.1. The zero-order valence-electron chi connectivity index (χ0n) is 29.9. The van der Waals surface area contributed by atoms with Crippen molar-refractivity contribution in [3.63, 3.8) is 0 Å². The van der Waals surface area contributed by atoms with Gasteiger partial charge in [-0.25, -0.2) is 0 Å². The molecule has 0 spiro atoms. The quantitative estimate of drug-likeness (QED) is 0.108. The first-order valence-corrected chi connectivity index (χ1v) is 21.6. The maximum atomic E-state index is 18.0. The van der Waals surface area contributed by atoms with Gasteiger partial charge in [-0.2, -0.15) is 0 Å². The van der Waals surface area contributed by atoms with E-state index < -0.39 is 59.4 Å². The summed E-state index contributed by atoms with van der Waals surface area (Å²) in [7, 11) is 0. The Balaban J connectivity index is 1.37. The van der Waals surface area contributed by atoms with Crippen LogP contribution in [0.1, 0.15) is 46.4 Å². The number of hydrogen-bond acceptors (Lipinski definition) is 4. The number of nitrogens with zero attached hydrogens (tertiary/aromatic N) is 2. The average molecular weight is 783 g/mol. The van der Waals surface area contributed by atoms with E-state index >= 15 is 17.6 Å². The summed E-state index contributed by atoms with van der Waals surface area (Å²) >= 11 is -5.38. The fourth-order valence-corrected chi connectivity index (χ4v) is 16.2. The Bertz CT molecular complexity index is 2090. The van der Waals surface area contributed by atoms with E-state index in [0.717, 1.165) is 12.1 Å². The minimum absolute atomic E-state index is 0.0117. The molecule has 2 saturated heterocycles. The molecule has 2 fully saturated rings. The molecule has 280 valence electrons. The minimum atomic E-state index is -5.38. The summed E-state index contributed by atoms with van der Waals surface area (Å²) in [5.41, 5.74) is 0.144. The summed E-state index contributed by atoms with van der Waals surface area (Å²) in [6, 6.07) is 21.3. The Morgan fingerprint density at radius 3 is 1.33 bits per heavy atom. The average Bonchev–Trinajstić information content (AvgIpc) is 3.91. The summed E-state index contributed by atoms with van der Waals surface area (Å²) in [4.78, 5) is 30.8. The second-order valence-corrected chi connectivity index (χ2v) is 19.9. The molecule has 2 aliphatic heterocycles. The Morgan fingerprint density at radius 2 is 1.00 bits per heavy atom. The normalized spacial score (nSPS) is 18.7. The van der Waals surface area contributed by atoms with E-state index in [1.807, 2.05) is 0 Å². The maximum absolute atomic E-state index is 18.0. The van der Waals surface area contributed by atoms with E-state index in [2.05, 4.69) is 0 Å². The number of rotatable bonds is 12. The summed E-state index contributed by atoms with van der Waals surface area (Å²) < 4.78 is 81.4. The fraction of sp³-hybridized carbons (Fsp3) is 0.227.